The van der Waals surface area contributed by atoms with E-state index in [1.54, 1.807) is 57.5 Å². The summed E-state index contributed by atoms with van der Waals surface area (Å²) in [5.41, 5.74) is 3.23. The minimum Gasteiger partial charge on any atom is -0.388 e. The minimum atomic E-state index is -0.408. The van der Waals surface area contributed by atoms with E-state index in [-0.39, 0.29) is 17.1 Å². The van der Waals surface area contributed by atoms with E-state index in [0.29, 0.717) is 84.0 Å². The number of nitrogens with one attached hydrogen (secondary N) is 6. The molecule has 0 heterocycles. The number of benzene rings is 3. The summed E-state index contributed by atoms with van der Waals surface area (Å²) in [6.07, 6.45) is 3.98. The zero-order chi connectivity index (χ0) is 35.8. The van der Waals surface area contributed by atoms with Gasteiger partial charge in [0.05, 0.1) is 40.9 Å². The first-order chi connectivity index (χ1) is 23.6. The third-order valence-electron chi connectivity index (χ3n) is 8.34. The van der Waals surface area contributed by atoms with Crippen LogP contribution in [-0.4, -0.2) is 86.2 Å². The Hall–Kier alpha value is -5.64. The van der Waals surface area contributed by atoms with Gasteiger partial charge in [-0.05, 0) is 42.5 Å². The first-order valence-corrected chi connectivity index (χ1v) is 16.1. The van der Waals surface area contributed by atoms with Crippen LogP contribution in [0.3, 0.4) is 0 Å². The predicted molar refractivity (Wildman–Crippen MR) is 197 cm³/mol. The molecule has 0 aliphatic rings. The highest BCUT2D eigenvalue weighted by Crippen LogP contribution is 2.30. The number of nitro groups is 3. The molecule has 3 aromatic rings. The van der Waals surface area contributed by atoms with E-state index in [9.17, 15) is 30.3 Å². The third kappa shape index (κ3) is 11.0. The van der Waals surface area contributed by atoms with Crippen molar-refractivity contribution in [2.45, 2.75) is 19.3 Å². The highest BCUT2D eigenvalue weighted by Gasteiger charge is 2.26. The van der Waals surface area contributed by atoms with Crippen LogP contribution in [-0.2, 0) is 0 Å². The van der Waals surface area contributed by atoms with Gasteiger partial charge in [0.1, 0.15) is 17.1 Å². The van der Waals surface area contributed by atoms with Gasteiger partial charge in [-0.2, -0.15) is 0 Å². The zero-order valence-electron chi connectivity index (χ0n) is 28.3. The van der Waals surface area contributed by atoms with Gasteiger partial charge in [0, 0.05) is 95.3 Å². The molecule has 0 bridgehead atoms. The quantitative estimate of drug-likeness (QED) is 0.0214. The lowest BCUT2D eigenvalue weighted by Crippen LogP contribution is -2.51. The minimum absolute atomic E-state index is 0.00969. The highest BCUT2D eigenvalue weighted by molar-refractivity contribution is 5.69. The Bertz CT molecular complexity index is 1420. The molecule has 0 radical (unpaired) electrons. The second-order valence-electron chi connectivity index (χ2n) is 11.5. The van der Waals surface area contributed by atoms with Crippen LogP contribution in [0, 0.1) is 30.3 Å². The molecule has 16 nitrogen and oxygen atoms in total. The number of anilines is 6. The van der Waals surface area contributed by atoms with E-state index in [1.807, 2.05) is 6.08 Å². The summed E-state index contributed by atoms with van der Waals surface area (Å²) < 4.78 is 0.650. The fraction of sp³-hybridized carbons (Fsp3) is 0.394. The fourth-order valence-corrected chi connectivity index (χ4v) is 5.76. The largest absolute Gasteiger partial charge is 0.388 e. The molecule has 0 atom stereocenters. The van der Waals surface area contributed by atoms with Gasteiger partial charge >= 0.3 is 0 Å². The molecule has 0 spiro atoms. The maximum Gasteiger partial charge on any atom is 0.294 e. The number of hydrogen-bond donors (Lipinski definition) is 6. The van der Waals surface area contributed by atoms with Crippen LogP contribution in [0.4, 0.5) is 51.2 Å². The van der Waals surface area contributed by atoms with Gasteiger partial charge in [0.25, 0.3) is 17.1 Å². The molecular formula is C33H47N10O6+. The molecule has 0 saturated carbocycles. The molecule has 6 N–H and O–H groups in total. The maximum atomic E-state index is 11.7. The van der Waals surface area contributed by atoms with Crippen molar-refractivity contribution in [1.82, 2.24) is 0 Å². The van der Waals surface area contributed by atoms with E-state index in [2.05, 4.69) is 38.5 Å². The molecule has 49 heavy (non-hydrogen) atoms. The number of quaternary nitrogens is 1. The Balaban J connectivity index is 1.71. The van der Waals surface area contributed by atoms with Gasteiger partial charge in [0.2, 0.25) is 0 Å². The highest BCUT2D eigenvalue weighted by atomic mass is 16.6. The van der Waals surface area contributed by atoms with Crippen LogP contribution in [0.1, 0.15) is 19.3 Å². The lowest BCUT2D eigenvalue weighted by atomic mass is 10.2. The van der Waals surface area contributed by atoms with Gasteiger partial charge in [-0.1, -0.05) is 6.58 Å². The van der Waals surface area contributed by atoms with E-state index in [4.69, 9.17) is 0 Å². The lowest BCUT2D eigenvalue weighted by Gasteiger charge is -2.38. The standard InChI is InChI=1S/C33H47N10O6/c1-5-18-43(19-6-15-37-28-12-9-25(34-2)22-31(28)40(44)45,20-7-16-38-29-13-10-26(35-3)23-32(29)41(46)47)21-8-17-39-30-14-11-27(36-4)24-33(30)42(48)49/h5,9-14,22-24,34-39H,1,6-8,15-21H2,2-4H3/q+1. The van der Waals surface area contributed by atoms with Gasteiger partial charge in [-0.3, -0.25) is 30.3 Å². The lowest BCUT2D eigenvalue weighted by molar-refractivity contribution is -0.923. The Morgan fingerprint density at radius 3 is 1.14 bits per heavy atom. The van der Waals surface area contributed by atoms with Crippen molar-refractivity contribution in [2.24, 2.45) is 0 Å². The van der Waals surface area contributed by atoms with Crippen molar-refractivity contribution < 1.29 is 19.3 Å². The van der Waals surface area contributed by atoms with E-state index < -0.39 is 14.8 Å². The SMILES string of the molecule is C=CC[N+](CCCNc1ccc(NC)cc1[N+](=O)[O-])(CCCNc1ccc(NC)cc1[N+](=O)[O-])CCCNc1ccc(NC)cc1[N+](=O)[O-]. The molecule has 0 amide bonds. The molecular weight excluding hydrogens is 632 g/mol. The molecule has 0 aliphatic heterocycles. The smallest absolute Gasteiger partial charge is 0.294 e. The van der Waals surface area contributed by atoms with Crippen molar-refractivity contribution in [3.8, 4) is 0 Å². The summed E-state index contributed by atoms with van der Waals surface area (Å²) in [6, 6.07) is 14.9. The van der Waals surface area contributed by atoms with Crippen LogP contribution >= 0.6 is 0 Å². The topological polar surface area (TPSA) is 202 Å². The van der Waals surface area contributed by atoms with E-state index in [1.165, 1.54) is 18.2 Å². The number of rotatable bonds is 23. The number of hydrogen-bond acceptors (Lipinski definition) is 12. The number of nitro benzene ring substituents is 3. The predicted octanol–water partition coefficient (Wildman–Crippen LogP) is 6.35. The van der Waals surface area contributed by atoms with Crippen LogP contribution < -0.4 is 31.9 Å². The van der Waals surface area contributed by atoms with Crippen LogP contribution in [0.5, 0.6) is 0 Å². The Morgan fingerprint density at radius 1 is 0.592 bits per heavy atom. The monoisotopic (exact) mass is 679 g/mol. The zero-order valence-corrected chi connectivity index (χ0v) is 28.3. The molecule has 3 rings (SSSR count). The van der Waals surface area contributed by atoms with Crippen molar-refractivity contribution in [2.75, 3.05) is 98.9 Å². The molecule has 0 unspecified atom stereocenters. The van der Waals surface area contributed by atoms with Gasteiger partial charge in [-0.15, -0.1) is 0 Å². The summed E-state index contributed by atoms with van der Waals surface area (Å²) >= 11 is 0. The molecule has 0 aliphatic carbocycles. The third-order valence-corrected chi connectivity index (χ3v) is 8.34. The van der Waals surface area contributed by atoms with Crippen molar-refractivity contribution in [3.63, 3.8) is 0 Å². The second kappa shape index (κ2) is 18.6. The fourth-order valence-electron chi connectivity index (χ4n) is 5.76. The van der Waals surface area contributed by atoms with Crippen LogP contribution in [0.2, 0.25) is 0 Å². The average Bonchev–Trinajstić information content (AvgIpc) is 3.10. The molecule has 0 saturated heterocycles. The summed E-state index contributed by atoms with van der Waals surface area (Å²) in [4.78, 5) is 33.8. The summed E-state index contributed by atoms with van der Waals surface area (Å²) in [7, 11) is 5.11. The normalized spacial score (nSPS) is 10.9. The van der Waals surface area contributed by atoms with Crippen LogP contribution in [0.25, 0.3) is 0 Å². The summed E-state index contributed by atoms with van der Waals surface area (Å²) in [5.74, 6) is 0. The van der Waals surface area contributed by atoms with Gasteiger partial charge in [0.15, 0.2) is 0 Å². The number of nitrogens with zero attached hydrogens (tertiary/aromatic N) is 4. The summed E-state index contributed by atoms with van der Waals surface area (Å²) in [5, 5.41) is 53.5. The maximum absolute atomic E-state index is 11.7. The molecule has 3 aromatic carbocycles. The first-order valence-electron chi connectivity index (χ1n) is 16.1. The second-order valence-corrected chi connectivity index (χ2v) is 11.5. The first kappa shape index (κ1) is 37.8. The Morgan fingerprint density at radius 2 is 0.898 bits per heavy atom. The Labute approximate surface area is 286 Å². The molecule has 0 aromatic heterocycles. The Kier molecular flexibility index (Phi) is 14.4. The average molecular weight is 680 g/mol. The molecule has 16 heteroatoms. The summed E-state index contributed by atoms with van der Waals surface area (Å²) in [6.45, 7) is 8.37. The van der Waals surface area contributed by atoms with Gasteiger partial charge in [-0.25, -0.2) is 0 Å². The van der Waals surface area contributed by atoms with Crippen molar-refractivity contribution >= 4 is 51.2 Å². The van der Waals surface area contributed by atoms with Gasteiger partial charge < -0.3 is 36.4 Å². The van der Waals surface area contributed by atoms with Crippen molar-refractivity contribution in [3.05, 3.63) is 97.6 Å². The van der Waals surface area contributed by atoms with E-state index >= 15 is 0 Å². The van der Waals surface area contributed by atoms with E-state index in [0.717, 1.165) is 19.6 Å². The van der Waals surface area contributed by atoms with Crippen LogP contribution in [0.15, 0.2) is 67.3 Å². The molecule has 264 valence electrons. The molecule has 0 fully saturated rings. The van der Waals surface area contributed by atoms with Crippen molar-refractivity contribution in [1.29, 1.82) is 0 Å².